The maximum Gasteiger partial charge on any atom is 0.217 e. The van der Waals surface area contributed by atoms with Crippen molar-refractivity contribution in [2.75, 3.05) is 0 Å². The van der Waals surface area contributed by atoms with Crippen LogP contribution in [0.15, 0.2) is 57.8 Å². The minimum Gasteiger partial charge on any atom is -0.461 e. The molecule has 7 nitrogen and oxygen atoms in total. The summed E-state index contributed by atoms with van der Waals surface area (Å²) in [7, 11) is -3.49. The van der Waals surface area contributed by atoms with Crippen molar-refractivity contribution in [2.45, 2.75) is 12.3 Å². The Kier molecular flexibility index (Phi) is 4.03. The van der Waals surface area contributed by atoms with Crippen molar-refractivity contribution in [1.82, 2.24) is 14.9 Å². The summed E-state index contributed by atoms with van der Waals surface area (Å²) < 4.78 is 36.7. The molecule has 114 valence electrons. The first-order chi connectivity index (χ1) is 10.6. The molecule has 0 amide bonds. The Bertz CT molecular complexity index is 826. The van der Waals surface area contributed by atoms with E-state index in [1.807, 2.05) is 0 Å². The maximum absolute atomic E-state index is 12.0. The van der Waals surface area contributed by atoms with Gasteiger partial charge in [-0.2, -0.15) is 0 Å². The molecule has 8 heteroatoms. The lowest BCUT2D eigenvalue weighted by Gasteiger charge is -2.04. The molecule has 1 N–H and O–H groups in total. The third kappa shape index (κ3) is 3.60. The first-order valence-corrected chi connectivity index (χ1v) is 8.14. The number of nitrogens with one attached hydrogen (secondary N) is 1. The van der Waals surface area contributed by atoms with Gasteiger partial charge in [0.2, 0.25) is 15.8 Å². The molecule has 0 aliphatic heterocycles. The van der Waals surface area contributed by atoms with Crippen molar-refractivity contribution in [3.63, 3.8) is 0 Å². The number of rotatable bonds is 6. The molecule has 3 rings (SSSR count). The fourth-order valence-electron chi connectivity index (χ4n) is 1.84. The molecule has 0 atom stereocenters. The number of pyridine rings is 1. The van der Waals surface area contributed by atoms with Crippen LogP contribution in [0.4, 0.5) is 0 Å². The SMILES string of the molecule is O=S(=O)(Cc1ccccn1)NCc1cc(-c2ccco2)on1. The molecular weight excluding hydrogens is 306 g/mol. The molecule has 0 radical (unpaired) electrons. The van der Waals surface area contributed by atoms with Crippen LogP contribution < -0.4 is 4.72 Å². The summed E-state index contributed by atoms with van der Waals surface area (Å²) >= 11 is 0. The van der Waals surface area contributed by atoms with Crippen LogP contribution in [0.5, 0.6) is 0 Å². The van der Waals surface area contributed by atoms with Gasteiger partial charge < -0.3 is 8.94 Å². The molecule has 22 heavy (non-hydrogen) atoms. The summed E-state index contributed by atoms with van der Waals surface area (Å²) in [5, 5.41) is 3.80. The number of nitrogens with zero attached hydrogens (tertiary/aromatic N) is 2. The number of sulfonamides is 1. The summed E-state index contributed by atoms with van der Waals surface area (Å²) in [4.78, 5) is 3.99. The van der Waals surface area contributed by atoms with Gasteiger partial charge in [0, 0.05) is 12.3 Å². The van der Waals surface area contributed by atoms with Crippen molar-refractivity contribution in [3.8, 4) is 11.5 Å². The van der Waals surface area contributed by atoms with Crippen molar-refractivity contribution in [3.05, 3.63) is 60.2 Å². The molecule has 0 spiro atoms. The first kappa shape index (κ1) is 14.5. The van der Waals surface area contributed by atoms with Crippen molar-refractivity contribution >= 4 is 10.0 Å². The molecule has 0 aliphatic rings. The average Bonchev–Trinajstić information content (AvgIpc) is 3.17. The zero-order valence-electron chi connectivity index (χ0n) is 11.5. The van der Waals surface area contributed by atoms with E-state index in [0.717, 1.165) is 0 Å². The second-order valence-corrected chi connectivity index (χ2v) is 6.37. The van der Waals surface area contributed by atoms with E-state index in [2.05, 4.69) is 14.9 Å². The van der Waals surface area contributed by atoms with Gasteiger partial charge in [0.25, 0.3) is 0 Å². The molecule has 3 aromatic rings. The largest absolute Gasteiger partial charge is 0.461 e. The van der Waals surface area contributed by atoms with Crippen LogP contribution in [0.3, 0.4) is 0 Å². The van der Waals surface area contributed by atoms with E-state index in [0.29, 0.717) is 22.9 Å². The van der Waals surface area contributed by atoms with Gasteiger partial charge in [-0.25, -0.2) is 13.1 Å². The Balaban J connectivity index is 1.62. The van der Waals surface area contributed by atoms with E-state index in [-0.39, 0.29) is 12.3 Å². The molecule has 0 bridgehead atoms. The predicted molar refractivity (Wildman–Crippen MR) is 77.9 cm³/mol. The number of hydrogen-bond donors (Lipinski definition) is 1. The van der Waals surface area contributed by atoms with Crippen LogP contribution in [-0.4, -0.2) is 18.6 Å². The molecule has 0 fully saturated rings. The van der Waals surface area contributed by atoms with Crippen molar-refractivity contribution < 1.29 is 17.4 Å². The minimum atomic E-state index is -3.49. The highest BCUT2D eigenvalue weighted by Crippen LogP contribution is 2.20. The predicted octanol–water partition coefficient (Wildman–Crippen LogP) is 1.95. The molecule has 0 saturated carbocycles. The van der Waals surface area contributed by atoms with Gasteiger partial charge in [0.05, 0.1) is 24.2 Å². The number of aromatic nitrogens is 2. The van der Waals surface area contributed by atoms with Crippen molar-refractivity contribution in [1.29, 1.82) is 0 Å². The summed E-state index contributed by atoms with van der Waals surface area (Å²) in [6.45, 7) is 0.0410. The van der Waals surface area contributed by atoms with Crippen molar-refractivity contribution in [2.24, 2.45) is 0 Å². The summed E-state index contributed by atoms with van der Waals surface area (Å²) in [5.74, 6) is 0.801. The molecule has 0 unspecified atom stereocenters. The van der Waals surface area contributed by atoms with E-state index in [1.54, 1.807) is 42.6 Å². The number of furan rings is 1. The Morgan fingerprint density at radius 3 is 2.73 bits per heavy atom. The van der Waals surface area contributed by atoms with Gasteiger partial charge >= 0.3 is 0 Å². The fraction of sp³-hybridized carbons (Fsp3) is 0.143. The van der Waals surface area contributed by atoms with Gasteiger partial charge in [-0.1, -0.05) is 11.2 Å². The van der Waals surface area contributed by atoms with Crippen LogP contribution >= 0.6 is 0 Å². The van der Waals surface area contributed by atoms with Crippen LogP contribution in [0.25, 0.3) is 11.5 Å². The van der Waals surface area contributed by atoms with E-state index >= 15 is 0 Å². The van der Waals surface area contributed by atoms with Gasteiger partial charge in [-0.05, 0) is 24.3 Å². The lowest BCUT2D eigenvalue weighted by Crippen LogP contribution is -2.25. The lowest BCUT2D eigenvalue weighted by molar-refractivity contribution is 0.410. The average molecular weight is 319 g/mol. The van der Waals surface area contributed by atoms with E-state index in [1.165, 1.54) is 6.26 Å². The molecule has 0 aliphatic carbocycles. The standard InChI is InChI=1S/C14H13N3O4S/c18-22(19,10-11-4-1-2-6-15-11)16-9-12-8-14(21-17-12)13-5-3-7-20-13/h1-8,16H,9-10H2. The van der Waals surface area contributed by atoms with E-state index in [4.69, 9.17) is 8.94 Å². The normalized spacial score (nSPS) is 11.6. The Labute approximate surface area is 127 Å². The zero-order chi connectivity index (χ0) is 15.4. The van der Waals surface area contributed by atoms with Gasteiger partial charge in [0.1, 0.15) is 5.75 Å². The lowest BCUT2D eigenvalue weighted by atomic mass is 10.3. The maximum atomic E-state index is 12.0. The third-order valence-corrected chi connectivity index (χ3v) is 4.12. The van der Waals surface area contributed by atoms with Gasteiger partial charge in [-0.15, -0.1) is 0 Å². The van der Waals surface area contributed by atoms with Crippen LogP contribution in [0.1, 0.15) is 11.4 Å². The highest BCUT2D eigenvalue weighted by Gasteiger charge is 2.14. The second-order valence-electron chi connectivity index (χ2n) is 4.56. The zero-order valence-corrected chi connectivity index (χ0v) is 12.3. The summed E-state index contributed by atoms with van der Waals surface area (Å²) in [5.41, 5.74) is 0.947. The molecule has 0 aromatic carbocycles. The third-order valence-electron chi connectivity index (χ3n) is 2.86. The van der Waals surface area contributed by atoms with E-state index < -0.39 is 10.0 Å². The Morgan fingerprint density at radius 1 is 1.09 bits per heavy atom. The fourth-order valence-corrected chi connectivity index (χ4v) is 2.87. The van der Waals surface area contributed by atoms with Gasteiger partial charge in [0.15, 0.2) is 5.76 Å². The Hall–Kier alpha value is -2.45. The van der Waals surface area contributed by atoms with Gasteiger partial charge in [-0.3, -0.25) is 4.98 Å². The number of hydrogen-bond acceptors (Lipinski definition) is 6. The first-order valence-electron chi connectivity index (χ1n) is 6.49. The molecular formula is C14H13N3O4S. The van der Waals surface area contributed by atoms with Crippen LogP contribution in [0.2, 0.25) is 0 Å². The summed E-state index contributed by atoms with van der Waals surface area (Å²) in [6.07, 6.45) is 3.07. The molecule has 0 saturated heterocycles. The highest BCUT2D eigenvalue weighted by molar-refractivity contribution is 7.88. The molecule has 3 aromatic heterocycles. The second kappa shape index (κ2) is 6.12. The van der Waals surface area contributed by atoms with Crippen LogP contribution in [0, 0.1) is 0 Å². The highest BCUT2D eigenvalue weighted by atomic mass is 32.2. The molecule has 3 heterocycles. The van der Waals surface area contributed by atoms with Crippen LogP contribution in [-0.2, 0) is 22.3 Å². The topological polar surface area (TPSA) is 98.2 Å². The Morgan fingerprint density at radius 2 is 2.00 bits per heavy atom. The summed E-state index contributed by atoms with van der Waals surface area (Å²) in [6, 6.07) is 10.2. The smallest absolute Gasteiger partial charge is 0.217 e. The van der Waals surface area contributed by atoms with E-state index in [9.17, 15) is 8.42 Å². The quantitative estimate of drug-likeness (QED) is 0.745. The minimum absolute atomic E-state index is 0.0410. The monoisotopic (exact) mass is 319 g/mol.